The van der Waals surface area contributed by atoms with Crippen molar-refractivity contribution in [3.63, 3.8) is 0 Å². The maximum Gasteiger partial charge on any atom is 0.317 e. The first-order valence-electron chi connectivity index (χ1n) is 4.00. The summed E-state index contributed by atoms with van der Waals surface area (Å²) in [6.07, 6.45) is -1.57. The molecule has 4 nitrogen and oxygen atoms in total. The molecule has 74 valence electrons. The molecule has 1 rings (SSSR count). The fourth-order valence-electron chi connectivity index (χ4n) is 1.39. The van der Waals surface area contributed by atoms with E-state index in [2.05, 4.69) is 4.74 Å². The lowest BCUT2D eigenvalue weighted by atomic mass is 9.96. The molecule has 2 atom stereocenters. The third kappa shape index (κ3) is 2.03. The molecule has 0 bridgehead atoms. The van der Waals surface area contributed by atoms with E-state index in [4.69, 9.17) is 0 Å². The highest BCUT2D eigenvalue weighted by Gasteiger charge is 2.38. The zero-order chi connectivity index (χ0) is 10.0. The highest BCUT2D eigenvalue weighted by molar-refractivity contribution is 6.02. The van der Waals surface area contributed by atoms with Crippen molar-refractivity contribution in [3.8, 4) is 0 Å². The number of nitrogens with zero attached hydrogens (tertiary/aromatic N) is 1. The van der Waals surface area contributed by atoms with Crippen molar-refractivity contribution < 1.29 is 18.7 Å². The zero-order valence-corrected chi connectivity index (χ0v) is 7.62. The number of piperidine rings is 1. The Bertz CT molecular complexity index is 231. The smallest absolute Gasteiger partial charge is 0.317 e. The molecule has 5 heteroatoms. The predicted octanol–water partition coefficient (Wildman–Crippen LogP) is -0.372. The Labute approximate surface area is 75.6 Å². The lowest BCUT2D eigenvalue weighted by Gasteiger charge is -2.28. The summed E-state index contributed by atoms with van der Waals surface area (Å²) >= 11 is 0. The summed E-state index contributed by atoms with van der Waals surface area (Å²) in [5.41, 5.74) is 0. The van der Waals surface area contributed by atoms with Crippen molar-refractivity contribution in [1.29, 1.82) is 0 Å². The molecule has 1 aliphatic rings. The Morgan fingerprint density at radius 2 is 2.23 bits per heavy atom. The van der Waals surface area contributed by atoms with Gasteiger partial charge in [0.1, 0.15) is 5.92 Å². The molecule has 0 radical (unpaired) electrons. The van der Waals surface area contributed by atoms with E-state index in [1.54, 1.807) is 11.9 Å². The third-order valence-corrected chi connectivity index (χ3v) is 2.10. The van der Waals surface area contributed by atoms with Gasteiger partial charge in [-0.3, -0.25) is 9.59 Å². The largest absolute Gasteiger partial charge is 0.468 e. The van der Waals surface area contributed by atoms with Gasteiger partial charge in [0.15, 0.2) is 12.0 Å². The Kier molecular flexibility index (Phi) is 2.98. The minimum absolute atomic E-state index is 0.0618. The average molecular weight is 189 g/mol. The van der Waals surface area contributed by atoms with Crippen LogP contribution in [0.3, 0.4) is 0 Å². The van der Waals surface area contributed by atoms with Gasteiger partial charge in [-0.1, -0.05) is 0 Å². The van der Waals surface area contributed by atoms with Crippen LogP contribution in [-0.2, 0) is 14.3 Å². The summed E-state index contributed by atoms with van der Waals surface area (Å²) in [7, 11) is 2.85. The van der Waals surface area contributed by atoms with E-state index in [0.717, 1.165) is 0 Å². The Morgan fingerprint density at radius 1 is 1.62 bits per heavy atom. The summed E-state index contributed by atoms with van der Waals surface area (Å²) < 4.78 is 17.4. The first-order valence-corrected chi connectivity index (χ1v) is 4.00. The maximum absolute atomic E-state index is 13.0. The van der Waals surface area contributed by atoms with Gasteiger partial charge in [0.2, 0.25) is 0 Å². The van der Waals surface area contributed by atoms with Crippen molar-refractivity contribution in [2.45, 2.75) is 6.17 Å². The Balaban J connectivity index is 2.72. The highest BCUT2D eigenvalue weighted by atomic mass is 19.1. The standard InChI is InChI=1S/C8H12FNO3/c1-10-3-5(8(12)13-2)7(11)6(9)4-10/h5-6H,3-4H2,1-2H3. The summed E-state index contributed by atoms with van der Waals surface area (Å²) in [4.78, 5) is 23.8. The number of hydrogen-bond acceptors (Lipinski definition) is 4. The van der Waals surface area contributed by atoms with Crippen molar-refractivity contribution in [3.05, 3.63) is 0 Å². The van der Waals surface area contributed by atoms with E-state index in [1.165, 1.54) is 7.11 Å². The number of likely N-dealkylation sites (tertiary alicyclic amines) is 1. The van der Waals surface area contributed by atoms with Gasteiger partial charge in [0.25, 0.3) is 0 Å². The molecule has 13 heavy (non-hydrogen) atoms. The number of esters is 1. The van der Waals surface area contributed by atoms with E-state index in [0.29, 0.717) is 0 Å². The van der Waals surface area contributed by atoms with Crippen LogP contribution in [0.1, 0.15) is 0 Å². The molecule has 1 fully saturated rings. The number of ether oxygens (including phenoxy) is 1. The first-order chi connectivity index (χ1) is 6.06. The van der Waals surface area contributed by atoms with Crippen LogP contribution in [0.2, 0.25) is 0 Å². The number of carbonyl (C=O) groups excluding carboxylic acids is 2. The van der Waals surface area contributed by atoms with Crippen LogP contribution >= 0.6 is 0 Å². The molecule has 2 unspecified atom stereocenters. The van der Waals surface area contributed by atoms with Gasteiger partial charge < -0.3 is 9.64 Å². The molecular formula is C8H12FNO3. The molecule has 0 aromatic heterocycles. The molecule has 1 saturated heterocycles. The topological polar surface area (TPSA) is 46.6 Å². The van der Waals surface area contributed by atoms with Crippen molar-refractivity contribution in [1.82, 2.24) is 4.90 Å². The zero-order valence-electron chi connectivity index (χ0n) is 7.62. The van der Waals surface area contributed by atoms with E-state index >= 15 is 0 Å². The van der Waals surface area contributed by atoms with Gasteiger partial charge in [0.05, 0.1) is 7.11 Å². The van der Waals surface area contributed by atoms with Gasteiger partial charge in [-0.15, -0.1) is 0 Å². The first kappa shape index (κ1) is 10.1. The van der Waals surface area contributed by atoms with Gasteiger partial charge in [-0.25, -0.2) is 4.39 Å². The summed E-state index contributed by atoms with van der Waals surface area (Å²) in [6.45, 7) is 0.304. The van der Waals surface area contributed by atoms with E-state index in [1.807, 2.05) is 0 Å². The van der Waals surface area contributed by atoms with E-state index < -0.39 is 23.8 Å². The van der Waals surface area contributed by atoms with Crippen LogP contribution in [0.25, 0.3) is 0 Å². The normalized spacial score (nSPS) is 30.2. The molecule has 0 saturated carbocycles. The molecule has 0 spiro atoms. The van der Waals surface area contributed by atoms with Gasteiger partial charge in [-0.05, 0) is 7.05 Å². The van der Waals surface area contributed by atoms with E-state index in [9.17, 15) is 14.0 Å². The van der Waals surface area contributed by atoms with E-state index in [-0.39, 0.29) is 13.1 Å². The van der Waals surface area contributed by atoms with Gasteiger partial charge >= 0.3 is 5.97 Å². The SMILES string of the molecule is COC(=O)C1CN(C)CC(F)C1=O. The fourth-order valence-corrected chi connectivity index (χ4v) is 1.39. The molecular weight excluding hydrogens is 177 g/mol. The number of hydrogen-bond donors (Lipinski definition) is 0. The van der Waals surface area contributed by atoms with Gasteiger partial charge in [0, 0.05) is 13.1 Å². The second-order valence-electron chi connectivity index (χ2n) is 3.17. The molecule has 0 aliphatic carbocycles. The number of Topliss-reactive ketones (excluding diaryl/α,β-unsaturated/α-hetero) is 1. The highest BCUT2D eigenvalue weighted by Crippen LogP contribution is 2.15. The number of halogens is 1. The van der Waals surface area contributed by atoms with Crippen LogP contribution in [-0.4, -0.2) is 50.1 Å². The molecule has 0 N–H and O–H groups in total. The van der Waals surface area contributed by atoms with Crippen molar-refractivity contribution >= 4 is 11.8 Å². The second-order valence-corrected chi connectivity index (χ2v) is 3.17. The molecule has 0 amide bonds. The van der Waals surface area contributed by atoms with Crippen molar-refractivity contribution in [2.75, 3.05) is 27.2 Å². The Morgan fingerprint density at radius 3 is 2.77 bits per heavy atom. The lowest BCUT2D eigenvalue weighted by Crippen LogP contribution is -2.49. The maximum atomic E-state index is 13.0. The number of rotatable bonds is 1. The van der Waals surface area contributed by atoms with Crippen molar-refractivity contribution in [2.24, 2.45) is 5.92 Å². The van der Waals surface area contributed by atoms with Crippen LogP contribution in [0.4, 0.5) is 4.39 Å². The van der Waals surface area contributed by atoms with Gasteiger partial charge in [-0.2, -0.15) is 0 Å². The summed E-state index contributed by atoms with van der Waals surface area (Å²) in [6, 6.07) is 0. The third-order valence-electron chi connectivity index (χ3n) is 2.10. The number of carbonyl (C=O) groups is 2. The minimum Gasteiger partial charge on any atom is -0.468 e. The van der Waals surface area contributed by atoms with Crippen LogP contribution in [0, 0.1) is 5.92 Å². The number of methoxy groups -OCH3 is 1. The second kappa shape index (κ2) is 3.83. The van der Waals surface area contributed by atoms with Crippen LogP contribution in [0.5, 0.6) is 0 Å². The minimum atomic E-state index is -1.57. The fraction of sp³-hybridized carbons (Fsp3) is 0.750. The summed E-state index contributed by atoms with van der Waals surface area (Å²) in [5.74, 6) is -2.28. The van der Waals surface area contributed by atoms with Crippen LogP contribution < -0.4 is 0 Å². The average Bonchev–Trinajstić information content (AvgIpc) is 2.10. The van der Waals surface area contributed by atoms with Crippen LogP contribution in [0.15, 0.2) is 0 Å². The lowest BCUT2D eigenvalue weighted by molar-refractivity contribution is -0.154. The predicted molar refractivity (Wildman–Crippen MR) is 42.9 cm³/mol. The monoisotopic (exact) mass is 189 g/mol. The molecule has 0 aromatic carbocycles. The molecule has 1 aliphatic heterocycles. The number of alkyl halides is 1. The Hall–Kier alpha value is -0.970. The quantitative estimate of drug-likeness (QED) is 0.417. The molecule has 1 heterocycles. The summed E-state index contributed by atoms with van der Waals surface area (Å²) in [5, 5.41) is 0. The number of ketones is 1. The molecule has 0 aromatic rings.